The van der Waals surface area contributed by atoms with Crippen molar-refractivity contribution >= 4 is 27.8 Å². The molecule has 0 atom stereocenters. The zero-order valence-corrected chi connectivity index (χ0v) is 18.1. The third-order valence-electron chi connectivity index (χ3n) is 3.99. The Bertz CT molecular complexity index is 1010. The van der Waals surface area contributed by atoms with Gasteiger partial charge in [0, 0.05) is 6.20 Å². The van der Waals surface area contributed by atoms with Gasteiger partial charge in [0.15, 0.2) is 0 Å². The molecule has 0 fully saturated rings. The van der Waals surface area contributed by atoms with Crippen LogP contribution in [0.2, 0.25) is 0 Å². The molecular formula is C21H25N3O6S. The van der Waals surface area contributed by atoms with Gasteiger partial charge in [0.2, 0.25) is 10.0 Å². The molecule has 1 aromatic carbocycles. The lowest BCUT2D eigenvalue weighted by Gasteiger charge is -2.09. The van der Waals surface area contributed by atoms with E-state index in [2.05, 4.69) is 10.3 Å². The number of nitrogens with zero attached hydrogens (tertiary/aromatic N) is 1. The minimum absolute atomic E-state index is 0.0117. The number of ether oxygens (including phenoxy) is 1. The molecule has 0 unspecified atom stereocenters. The zero-order chi connectivity index (χ0) is 22.9. The Balaban J connectivity index is 1.85. The smallest absolute Gasteiger partial charge is 0.325 e. The number of pyridine rings is 1. The summed E-state index contributed by atoms with van der Waals surface area (Å²) in [5.41, 5.74) is 0.974. The minimum Gasteiger partial charge on any atom is -0.462 e. The minimum atomic E-state index is -3.81. The Morgan fingerprint density at radius 3 is 2.35 bits per heavy atom. The van der Waals surface area contributed by atoms with Crippen molar-refractivity contribution in [3.63, 3.8) is 0 Å². The largest absolute Gasteiger partial charge is 0.462 e. The summed E-state index contributed by atoms with van der Waals surface area (Å²) in [5, 5.41) is 2.36. The first-order valence-corrected chi connectivity index (χ1v) is 11.3. The molecule has 0 radical (unpaired) electrons. The lowest BCUT2D eigenvalue weighted by molar-refractivity contribution is -0.146. The molecule has 0 aliphatic carbocycles. The summed E-state index contributed by atoms with van der Waals surface area (Å²) in [5.74, 6) is -2.24. The van der Waals surface area contributed by atoms with Crippen LogP contribution in [0.1, 0.15) is 46.7 Å². The van der Waals surface area contributed by atoms with Crippen LogP contribution in [0, 0.1) is 0 Å². The Labute approximate surface area is 181 Å². The summed E-state index contributed by atoms with van der Waals surface area (Å²) in [6, 6.07) is 12.0. The van der Waals surface area contributed by atoms with Gasteiger partial charge in [-0.1, -0.05) is 30.3 Å². The average molecular weight is 448 g/mol. The SMILES string of the molecule is CC(C)OC(=O)CNC(=O)c1ccc(C(=O)NS(=O)(=O)CCCc2ccccc2)cn1. The maximum absolute atomic E-state index is 12.2. The molecule has 9 nitrogen and oxygen atoms in total. The number of hydrogen-bond acceptors (Lipinski definition) is 7. The van der Waals surface area contributed by atoms with Crippen LogP contribution in [0.5, 0.6) is 0 Å². The fourth-order valence-corrected chi connectivity index (χ4v) is 3.60. The van der Waals surface area contributed by atoms with Crippen molar-refractivity contribution in [3.8, 4) is 0 Å². The maximum Gasteiger partial charge on any atom is 0.325 e. The molecule has 0 saturated carbocycles. The molecule has 0 spiro atoms. The number of nitrogens with one attached hydrogen (secondary N) is 2. The van der Waals surface area contributed by atoms with E-state index in [-0.39, 0.29) is 29.7 Å². The van der Waals surface area contributed by atoms with Crippen molar-refractivity contribution in [1.82, 2.24) is 15.0 Å². The summed E-state index contributed by atoms with van der Waals surface area (Å²) in [7, 11) is -3.81. The van der Waals surface area contributed by atoms with Crippen LogP contribution in [0.15, 0.2) is 48.7 Å². The van der Waals surface area contributed by atoms with Crippen LogP contribution in [0.4, 0.5) is 0 Å². The second kappa shape index (κ2) is 11.2. The lowest BCUT2D eigenvalue weighted by atomic mass is 10.1. The molecule has 31 heavy (non-hydrogen) atoms. The molecule has 2 rings (SSSR count). The van der Waals surface area contributed by atoms with E-state index in [0.29, 0.717) is 12.8 Å². The second-order valence-corrected chi connectivity index (χ2v) is 8.83. The summed E-state index contributed by atoms with van der Waals surface area (Å²) in [4.78, 5) is 39.5. The van der Waals surface area contributed by atoms with Gasteiger partial charge in [-0.3, -0.25) is 19.4 Å². The van der Waals surface area contributed by atoms with E-state index < -0.39 is 27.8 Å². The number of benzene rings is 1. The summed E-state index contributed by atoms with van der Waals surface area (Å²) in [6.07, 6.45) is 1.74. The van der Waals surface area contributed by atoms with Gasteiger partial charge in [0.25, 0.3) is 11.8 Å². The first-order chi connectivity index (χ1) is 14.7. The molecule has 1 heterocycles. The van der Waals surface area contributed by atoms with E-state index in [9.17, 15) is 22.8 Å². The highest BCUT2D eigenvalue weighted by atomic mass is 32.2. The molecule has 0 aliphatic rings. The van der Waals surface area contributed by atoms with Crippen LogP contribution in [-0.2, 0) is 26.0 Å². The highest BCUT2D eigenvalue weighted by Gasteiger charge is 2.17. The van der Waals surface area contributed by atoms with Crippen molar-refractivity contribution in [2.45, 2.75) is 32.8 Å². The van der Waals surface area contributed by atoms with Crippen molar-refractivity contribution in [2.24, 2.45) is 0 Å². The molecule has 0 aliphatic heterocycles. The number of amides is 2. The topological polar surface area (TPSA) is 132 Å². The number of carbonyl (C=O) groups excluding carboxylic acids is 3. The number of rotatable bonds is 10. The third-order valence-corrected chi connectivity index (χ3v) is 5.31. The number of sulfonamides is 1. The molecule has 10 heteroatoms. The van der Waals surface area contributed by atoms with E-state index in [1.54, 1.807) is 13.8 Å². The normalized spacial score (nSPS) is 11.1. The predicted molar refractivity (Wildman–Crippen MR) is 114 cm³/mol. The zero-order valence-electron chi connectivity index (χ0n) is 17.3. The van der Waals surface area contributed by atoms with Gasteiger partial charge in [0.1, 0.15) is 12.2 Å². The fourth-order valence-electron chi connectivity index (χ4n) is 2.57. The van der Waals surface area contributed by atoms with E-state index >= 15 is 0 Å². The van der Waals surface area contributed by atoms with Crippen LogP contribution in [0.25, 0.3) is 0 Å². The monoisotopic (exact) mass is 447 g/mol. The van der Waals surface area contributed by atoms with Crippen LogP contribution in [-0.4, -0.2) is 49.6 Å². The summed E-state index contributed by atoms with van der Waals surface area (Å²) >= 11 is 0. The molecule has 2 aromatic rings. The first kappa shape index (κ1) is 24.0. The van der Waals surface area contributed by atoms with Gasteiger partial charge < -0.3 is 10.1 Å². The number of aromatic nitrogens is 1. The maximum atomic E-state index is 12.2. The molecule has 2 N–H and O–H groups in total. The molecule has 0 saturated heterocycles. The van der Waals surface area contributed by atoms with Gasteiger partial charge in [-0.2, -0.15) is 0 Å². The van der Waals surface area contributed by atoms with Crippen LogP contribution < -0.4 is 10.0 Å². The highest BCUT2D eigenvalue weighted by Crippen LogP contribution is 2.05. The number of aryl methyl sites for hydroxylation is 1. The van der Waals surface area contributed by atoms with Gasteiger partial charge in [-0.15, -0.1) is 0 Å². The van der Waals surface area contributed by atoms with Gasteiger partial charge in [0.05, 0.1) is 17.4 Å². The standard InChI is InChI=1S/C21H25N3O6S/c1-15(2)30-19(25)14-23-21(27)18-11-10-17(13-22-18)20(26)24-31(28,29)12-6-9-16-7-4-3-5-8-16/h3-5,7-8,10-11,13,15H,6,9,12,14H2,1-2H3,(H,23,27)(H,24,26). The third kappa shape index (κ3) is 8.55. The Hall–Kier alpha value is -3.27. The first-order valence-electron chi connectivity index (χ1n) is 9.69. The average Bonchev–Trinajstić information content (AvgIpc) is 2.72. The second-order valence-electron chi connectivity index (χ2n) is 6.99. The number of esters is 1. The number of carbonyl (C=O) groups is 3. The van der Waals surface area contributed by atoms with Crippen molar-refractivity contribution in [3.05, 3.63) is 65.5 Å². The predicted octanol–water partition coefficient (Wildman–Crippen LogP) is 1.46. The quantitative estimate of drug-likeness (QED) is 0.527. The lowest BCUT2D eigenvalue weighted by Crippen LogP contribution is -2.33. The van der Waals surface area contributed by atoms with Crippen molar-refractivity contribution in [1.29, 1.82) is 0 Å². The van der Waals surface area contributed by atoms with E-state index in [0.717, 1.165) is 11.8 Å². The Morgan fingerprint density at radius 1 is 1.03 bits per heavy atom. The Morgan fingerprint density at radius 2 is 1.74 bits per heavy atom. The van der Waals surface area contributed by atoms with Crippen molar-refractivity contribution < 1.29 is 27.5 Å². The summed E-state index contributed by atoms with van der Waals surface area (Å²) in [6.45, 7) is 3.06. The molecule has 0 bridgehead atoms. The molecule has 1 aromatic heterocycles. The van der Waals surface area contributed by atoms with Crippen LogP contribution in [0.3, 0.4) is 0 Å². The molecular weight excluding hydrogens is 422 g/mol. The summed E-state index contributed by atoms with van der Waals surface area (Å²) < 4.78 is 31.2. The molecule has 2 amide bonds. The van der Waals surface area contributed by atoms with Gasteiger partial charge in [-0.25, -0.2) is 13.1 Å². The highest BCUT2D eigenvalue weighted by molar-refractivity contribution is 7.90. The van der Waals surface area contributed by atoms with Crippen LogP contribution >= 0.6 is 0 Å². The number of hydrogen-bond donors (Lipinski definition) is 2. The van der Waals surface area contributed by atoms with E-state index in [1.165, 1.54) is 12.1 Å². The fraction of sp³-hybridized carbons (Fsp3) is 0.333. The van der Waals surface area contributed by atoms with E-state index in [4.69, 9.17) is 4.74 Å². The molecule has 166 valence electrons. The van der Waals surface area contributed by atoms with E-state index in [1.807, 2.05) is 35.1 Å². The van der Waals surface area contributed by atoms with Gasteiger partial charge >= 0.3 is 5.97 Å². The van der Waals surface area contributed by atoms with Crippen molar-refractivity contribution in [2.75, 3.05) is 12.3 Å². The van der Waals surface area contributed by atoms with Gasteiger partial charge in [-0.05, 0) is 44.4 Å². The Kier molecular flexibility index (Phi) is 8.68.